The van der Waals surface area contributed by atoms with Crippen LogP contribution in [0.5, 0.6) is 0 Å². The van der Waals surface area contributed by atoms with Crippen LogP contribution in [0.3, 0.4) is 0 Å². The van der Waals surface area contributed by atoms with E-state index in [-0.39, 0.29) is 12.0 Å². The number of thiophene rings is 1. The Kier molecular flexibility index (Phi) is 5.27. The van der Waals surface area contributed by atoms with Crippen molar-refractivity contribution in [3.8, 4) is 0 Å². The highest BCUT2D eigenvalue weighted by Gasteiger charge is 2.25. The zero-order valence-electron chi connectivity index (χ0n) is 13.3. The Morgan fingerprint density at radius 1 is 1.17 bits per heavy atom. The van der Waals surface area contributed by atoms with Crippen LogP contribution >= 0.6 is 11.3 Å². The number of nitrogens with two attached hydrogens (primary N) is 1. The van der Waals surface area contributed by atoms with Crippen LogP contribution in [0.1, 0.15) is 37.7 Å². The van der Waals surface area contributed by atoms with Gasteiger partial charge in [-0.3, -0.25) is 9.59 Å². The van der Waals surface area contributed by atoms with Gasteiger partial charge in [0.15, 0.2) is 0 Å². The molecule has 0 unspecified atom stereocenters. The largest absolute Gasteiger partial charge is 0.376 e. The number of nitrogens with zero attached hydrogens (tertiary/aromatic N) is 1. The molecule has 5 nitrogen and oxygen atoms in total. The first kappa shape index (κ1) is 16.7. The van der Waals surface area contributed by atoms with Crippen LogP contribution in [-0.4, -0.2) is 36.0 Å². The highest BCUT2D eigenvalue weighted by molar-refractivity contribution is 7.15. The molecule has 1 fully saturated rings. The number of hydrogen-bond donors (Lipinski definition) is 1. The van der Waals surface area contributed by atoms with Gasteiger partial charge in [0.2, 0.25) is 0 Å². The molecule has 1 aromatic carbocycles. The number of hydrogen-bond acceptors (Lipinski definition) is 4. The van der Waals surface area contributed by atoms with Gasteiger partial charge in [-0.25, -0.2) is 0 Å². The molecule has 1 atom stereocenters. The lowest BCUT2D eigenvalue weighted by molar-refractivity contribution is 0.0511. The van der Waals surface area contributed by atoms with E-state index in [4.69, 9.17) is 10.5 Å². The number of ether oxygens (including phenoxy) is 1. The first-order chi connectivity index (χ1) is 11.6. The molecule has 2 aromatic rings. The molecule has 2 N–H and O–H groups in total. The van der Waals surface area contributed by atoms with Crippen molar-refractivity contribution in [1.29, 1.82) is 0 Å². The van der Waals surface area contributed by atoms with Gasteiger partial charge in [0, 0.05) is 19.7 Å². The van der Waals surface area contributed by atoms with Crippen LogP contribution in [0.2, 0.25) is 0 Å². The van der Waals surface area contributed by atoms with Crippen molar-refractivity contribution in [1.82, 2.24) is 4.90 Å². The molecule has 6 heteroatoms. The smallest absolute Gasteiger partial charge is 0.264 e. The van der Waals surface area contributed by atoms with Crippen molar-refractivity contribution < 1.29 is 14.3 Å². The summed E-state index contributed by atoms with van der Waals surface area (Å²) >= 11 is 1.14. The number of carbonyl (C=O) groups excluding carboxylic acids is 2. The SMILES string of the molecule is NC(=O)c1ccc(C(=O)N(Cc2ccccc2)C[C@@H]2CCCO2)s1. The lowest BCUT2D eigenvalue weighted by Crippen LogP contribution is -2.36. The normalized spacial score (nSPS) is 16.9. The summed E-state index contributed by atoms with van der Waals surface area (Å²) in [6.45, 7) is 1.82. The molecule has 1 aliphatic heterocycles. The first-order valence-corrected chi connectivity index (χ1v) is 8.79. The zero-order chi connectivity index (χ0) is 16.9. The Morgan fingerprint density at radius 2 is 1.92 bits per heavy atom. The summed E-state index contributed by atoms with van der Waals surface area (Å²) in [5.74, 6) is -0.598. The molecule has 0 bridgehead atoms. The molecular weight excluding hydrogens is 324 g/mol. The lowest BCUT2D eigenvalue weighted by Gasteiger charge is -2.25. The second-order valence-electron chi connectivity index (χ2n) is 5.83. The number of benzene rings is 1. The molecule has 1 saturated heterocycles. The molecule has 3 rings (SSSR count). The number of rotatable bonds is 6. The van der Waals surface area contributed by atoms with Gasteiger partial charge in [0.05, 0.1) is 15.9 Å². The average Bonchev–Trinajstić information content (AvgIpc) is 3.26. The van der Waals surface area contributed by atoms with Crippen molar-refractivity contribution in [3.63, 3.8) is 0 Å². The highest BCUT2D eigenvalue weighted by atomic mass is 32.1. The minimum absolute atomic E-state index is 0.0771. The topological polar surface area (TPSA) is 72.6 Å². The third-order valence-corrected chi connectivity index (χ3v) is 5.10. The van der Waals surface area contributed by atoms with Crippen LogP contribution in [0.4, 0.5) is 0 Å². The van der Waals surface area contributed by atoms with E-state index in [0.29, 0.717) is 22.8 Å². The summed E-state index contributed by atoms with van der Waals surface area (Å²) in [5.41, 5.74) is 6.35. The van der Waals surface area contributed by atoms with Crippen molar-refractivity contribution >= 4 is 23.2 Å². The van der Waals surface area contributed by atoms with Gasteiger partial charge in [-0.05, 0) is 30.5 Å². The van der Waals surface area contributed by atoms with E-state index in [9.17, 15) is 9.59 Å². The molecule has 0 saturated carbocycles. The van der Waals surface area contributed by atoms with E-state index in [2.05, 4.69) is 0 Å². The molecule has 2 amide bonds. The van der Waals surface area contributed by atoms with E-state index in [1.165, 1.54) is 0 Å². The van der Waals surface area contributed by atoms with Gasteiger partial charge < -0.3 is 15.4 Å². The molecule has 0 spiro atoms. The van der Waals surface area contributed by atoms with Gasteiger partial charge in [-0.1, -0.05) is 30.3 Å². The molecule has 126 valence electrons. The predicted molar refractivity (Wildman–Crippen MR) is 93.0 cm³/mol. The molecule has 0 aliphatic carbocycles. The quantitative estimate of drug-likeness (QED) is 0.875. The van der Waals surface area contributed by atoms with Crippen LogP contribution in [0.15, 0.2) is 42.5 Å². The number of primary amides is 1. The van der Waals surface area contributed by atoms with E-state index in [1.54, 1.807) is 17.0 Å². The molecule has 1 aliphatic rings. The molecule has 1 aromatic heterocycles. The number of carbonyl (C=O) groups is 2. The fourth-order valence-electron chi connectivity index (χ4n) is 2.80. The fourth-order valence-corrected chi connectivity index (χ4v) is 3.62. The second-order valence-corrected chi connectivity index (χ2v) is 6.92. The molecule has 24 heavy (non-hydrogen) atoms. The summed E-state index contributed by atoms with van der Waals surface area (Å²) in [7, 11) is 0. The Morgan fingerprint density at radius 3 is 2.54 bits per heavy atom. The minimum atomic E-state index is -0.507. The van der Waals surface area contributed by atoms with Gasteiger partial charge in [-0.15, -0.1) is 11.3 Å². The Labute approximate surface area is 145 Å². The first-order valence-electron chi connectivity index (χ1n) is 7.98. The van der Waals surface area contributed by atoms with E-state index < -0.39 is 5.91 Å². The summed E-state index contributed by atoms with van der Waals surface area (Å²) in [6.07, 6.45) is 2.08. The molecule has 0 radical (unpaired) electrons. The third kappa shape index (κ3) is 4.01. The maximum absolute atomic E-state index is 12.9. The zero-order valence-corrected chi connectivity index (χ0v) is 14.1. The molecule has 2 heterocycles. The Hall–Kier alpha value is -2.18. The summed E-state index contributed by atoms with van der Waals surface area (Å²) < 4.78 is 5.69. The third-order valence-electron chi connectivity index (χ3n) is 4.01. The van der Waals surface area contributed by atoms with Gasteiger partial charge in [0.25, 0.3) is 11.8 Å². The summed E-state index contributed by atoms with van der Waals surface area (Å²) in [6, 6.07) is 13.1. The minimum Gasteiger partial charge on any atom is -0.376 e. The standard InChI is InChI=1S/C18H20N2O3S/c19-17(21)15-8-9-16(24-15)18(22)20(12-14-7-4-10-23-14)11-13-5-2-1-3-6-13/h1-3,5-6,8-9,14H,4,7,10-12H2,(H2,19,21)/t14-/m0/s1. The lowest BCUT2D eigenvalue weighted by atomic mass is 10.1. The predicted octanol–water partition coefficient (Wildman–Crippen LogP) is 2.67. The Bertz CT molecular complexity index is 708. The number of amides is 2. The van der Waals surface area contributed by atoms with Crippen LogP contribution in [0, 0.1) is 0 Å². The van der Waals surface area contributed by atoms with Gasteiger partial charge >= 0.3 is 0 Å². The van der Waals surface area contributed by atoms with Gasteiger partial charge in [0.1, 0.15) is 0 Å². The Balaban J connectivity index is 1.78. The van der Waals surface area contributed by atoms with Crippen molar-refractivity contribution in [2.24, 2.45) is 5.73 Å². The second kappa shape index (κ2) is 7.59. The van der Waals surface area contributed by atoms with E-state index in [0.717, 1.165) is 36.3 Å². The highest BCUT2D eigenvalue weighted by Crippen LogP contribution is 2.21. The van der Waals surface area contributed by atoms with E-state index >= 15 is 0 Å². The van der Waals surface area contributed by atoms with Gasteiger partial charge in [-0.2, -0.15) is 0 Å². The van der Waals surface area contributed by atoms with Crippen molar-refractivity contribution in [2.45, 2.75) is 25.5 Å². The van der Waals surface area contributed by atoms with E-state index in [1.807, 2.05) is 30.3 Å². The van der Waals surface area contributed by atoms with Crippen molar-refractivity contribution in [2.75, 3.05) is 13.2 Å². The summed E-state index contributed by atoms with van der Waals surface area (Å²) in [5, 5.41) is 0. The summed E-state index contributed by atoms with van der Waals surface area (Å²) in [4.78, 5) is 26.9. The van der Waals surface area contributed by atoms with Crippen molar-refractivity contribution in [3.05, 3.63) is 57.8 Å². The maximum atomic E-state index is 12.9. The van der Waals surface area contributed by atoms with Crippen LogP contribution in [0.25, 0.3) is 0 Å². The monoisotopic (exact) mass is 344 g/mol. The van der Waals surface area contributed by atoms with Crippen LogP contribution in [-0.2, 0) is 11.3 Å². The molecular formula is C18H20N2O3S. The maximum Gasteiger partial charge on any atom is 0.264 e. The fraction of sp³-hybridized carbons (Fsp3) is 0.333. The average molecular weight is 344 g/mol. The van der Waals surface area contributed by atoms with Crippen LogP contribution < -0.4 is 5.73 Å².